The molecule has 0 saturated carbocycles. The number of aryl methyl sites for hydroxylation is 2. The SMILES string of the molecule is COC/C=C/C(=O)N1CCN(c2ncc3ncnc(Nc4ccc(Oc5ccc6c(c5)nnn6C)c(C)c4)c3n2)CC1. The summed E-state index contributed by atoms with van der Waals surface area (Å²) in [4.78, 5) is 34.4. The molecule has 0 atom stereocenters. The van der Waals surface area contributed by atoms with Crippen molar-refractivity contribution in [1.82, 2.24) is 39.8 Å². The maximum Gasteiger partial charge on any atom is 0.246 e. The molecule has 0 aliphatic carbocycles. The molecular weight excluding hydrogens is 536 g/mol. The van der Waals surface area contributed by atoms with Crippen molar-refractivity contribution in [3.63, 3.8) is 0 Å². The largest absolute Gasteiger partial charge is 0.457 e. The molecule has 13 heteroatoms. The third-order valence-corrected chi connectivity index (χ3v) is 7.01. The Morgan fingerprint density at radius 3 is 2.71 bits per heavy atom. The Labute approximate surface area is 241 Å². The van der Waals surface area contributed by atoms with Crippen LogP contribution in [0.25, 0.3) is 22.1 Å². The van der Waals surface area contributed by atoms with Gasteiger partial charge in [-0.25, -0.2) is 24.6 Å². The molecule has 0 unspecified atom stereocenters. The Morgan fingerprint density at radius 1 is 1.05 bits per heavy atom. The smallest absolute Gasteiger partial charge is 0.246 e. The van der Waals surface area contributed by atoms with Crippen LogP contribution in [-0.4, -0.2) is 85.6 Å². The lowest BCUT2D eigenvalue weighted by atomic mass is 10.2. The quantitative estimate of drug-likeness (QED) is 0.277. The average molecular weight is 567 g/mol. The maximum absolute atomic E-state index is 12.4. The van der Waals surface area contributed by atoms with Crippen molar-refractivity contribution in [2.24, 2.45) is 7.05 Å². The number of benzene rings is 2. The van der Waals surface area contributed by atoms with E-state index < -0.39 is 0 Å². The number of methoxy groups -OCH3 is 1. The Balaban J connectivity index is 1.16. The van der Waals surface area contributed by atoms with Gasteiger partial charge in [0, 0.05) is 58.2 Å². The first kappa shape index (κ1) is 27.0. The molecule has 1 N–H and O–H groups in total. The van der Waals surface area contributed by atoms with E-state index in [9.17, 15) is 4.79 Å². The summed E-state index contributed by atoms with van der Waals surface area (Å²) in [5, 5.41) is 11.6. The predicted molar refractivity (Wildman–Crippen MR) is 158 cm³/mol. The van der Waals surface area contributed by atoms with Crippen molar-refractivity contribution in [3.05, 3.63) is 66.6 Å². The van der Waals surface area contributed by atoms with E-state index in [4.69, 9.17) is 14.5 Å². The van der Waals surface area contributed by atoms with Crippen LogP contribution in [0.15, 0.2) is 61.1 Å². The lowest BCUT2D eigenvalue weighted by Crippen LogP contribution is -2.48. The highest BCUT2D eigenvalue weighted by molar-refractivity contribution is 5.88. The summed E-state index contributed by atoms with van der Waals surface area (Å²) in [6.07, 6.45) is 6.46. The number of hydrogen-bond donors (Lipinski definition) is 1. The molecule has 13 nitrogen and oxygen atoms in total. The van der Waals surface area contributed by atoms with Gasteiger partial charge in [-0.3, -0.25) is 4.79 Å². The predicted octanol–water partition coefficient (Wildman–Crippen LogP) is 3.40. The summed E-state index contributed by atoms with van der Waals surface area (Å²) in [5.74, 6) is 2.53. The van der Waals surface area contributed by atoms with Crippen molar-refractivity contribution >= 4 is 45.4 Å². The van der Waals surface area contributed by atoms with Crippen LogP contribution in [-0.2, 0) is 16.6 Å². The first-order valence-corrected chi connectivity index (χ1v) is 13.5. The second-order valence-corrected chi connectivity index (χ2v) is 9.87. The summed E-state index contributed by atoms with van der Waals surface area (Å²) < 4.78 is 12.8. The van der Waals surface area contributed by atoms with E-state index >= 15 is 0 Å². The molecular formula is C29H30N10O3. The van der Waals surface area contributed by atoms with Gasteiger partial charge in [-0.05, 0) is 42.8 Å². The molecule has 0 radical (unpaired) electrons. The van der Waals surface area contributed by atoms with Crippen LogP contribution < -0.4 is 15.0 Å². The van der Waals surface area contributed by atoms with E-state index in [1.165, 1.54) is 6.33 Å². The molecule has 1 fully saturated rings. The highest BCUT2D eigenvalue weighted by Crippen LogP contribution is 2.31. The van der Waals surface area contributed by atoms with Crippen LogP contribution in [0.3, 0.4) is 0 Å². The molecule has 6 rings (SSSR count). The first-order valence-electron chi connectivity index (χ1n) is 13.5. The second kappa shape index (κ2) is 11.7. The fraction of sp³-hybridized carbons (Fsp3) is 0.276. The number of nitrogens with one attached hydrogen (secondary N) is 1. The lowest BCUT2D eigenvalue weighted by molar-refractivity contribution is -0.126. The standard InChI is InChI=1S/C29H30N10O3/c1-19-15-20(6-9-25(19)42-21-7-8-24-22(16-21)35-36-37(24)2)33-28-27-23(31-18-32-28)17-30-29(34-27)39-12-10-38(11-13-39)26(40)5-4-14-41-3/h4-9,15-18H,10-14H2,1-3H3,(H,31,32,33)/b5-4+. The molecule has 1 amide bonds. The Bertz CT molecular complexity index is 1780. The Kier molecular flexibility index (Phi) is 7.56. The zero-order valence-electron chi connectivity index (χ0n) is 23.6. The number of nitrogens with zero attached hydrogens (tertiary/aromatic N) is 9. The molecule has 1 saturated heterocycles. The van der Waals surface area contributed by atoms with Gasteiger partial charge >= 0.3 is 0 Å². The van der Waals surface area contributed by atoms with Gasteiger partial charge in [0.2, 0.25) is 11.9 Å². The minimum Gasteiger partial charge on any atom is -0.457 e. The highest BCUT2D eigenvalue weighted by atomic mass is 16.5. The van der Waals surface area contributed by atoms with Crippen molar-refractivity contribution in [3.8, 4) is 11.5 Å². The van der Waals surface area contributed by atoms with Crippen LogP contribution in [0.1, 0.15) is 5.56 Å². The monoisotopic (exact) mass is 566 g/mol. The van der Waals surface area contributed by atoms with Crippen molar-refractivity contribution in [1.29, 1.82) is 0 Å². The van der Waals surface area contributed by atoms with Gasteiger partial charge < -0.3 is 24.6 Å². The molecule has 214 valence electrons. The highest BCUT2D eigenvalue weighted by Gasteiger charge is 2.22. The Hall–Kier alpha value is -5.17. The van der Waals surface area contributed by atoms with Gasteiger partial charge in [-0.1, -0.05) is 11.3 Å². The topological polar surface area (TPSA) is 136 Å². The minimum atomic E-state index is -0.0238. The number of carbonyl (C=O) groups is 1. The van der Waals surface area contributed by atoms with E-state index in [-0.39, 0.29) is 5.91 Å². The van der Waals surface area contributed by atoms with E-state index in [2.05, 4.69) is 35.5 Å². The molecule has 0 spiro atoms. The van der Waals surface area contributed by atoms with Crippen molar-refractivity contribution in [2.45, 2.75) is 6.92 Å². The van der Waals surface area contributed by atoms with Gasteiger partial charge in [0.25, 0.3) is 0 Å². The molecule has 1 aliphatic heterocycles. The summed E-state index contributed by atoms with van der Waals surface area (Å²) in [7, 11) is 3.45. The number of ether oxygens (including phenoxy) is 2. The number of rotatable bonds is 8. The van der Waals surface area contributed by atoms with Crippen LogP contribution in [0.2, 0.25) is 0 Å². The normalized spacial score (nSPS) is 13.8. The number of hydrogen-bond acceptors (Lipinski definition) is 11. The summed E-state index contributed by atoms with van der Waals surface area (Å²) in [6.45, 7) is 4.79. The zero-order valence-corrected chi connectivity index (χ0v) is 23.6. The molecule has 2 aromatic carbocycles. The molecule has 1 aliphatic rings. The van der Waals surface area contributed by atoms with Gasteiger partial charge in [0.05, 0.1) is 18.3 Å². The maximum atomic E-state index is 12.4. The fourth-order valence-electron chi connectivity index (χ4n) is 4.76. The van der Waals surface area contributed by atoms with Gasteiger partial charge in [0.1, 0.15) is 34.4 Å². The summed E-state index contributed by atoms with van der Waals surface area (Å²) >= 11 is 0. The van der Waals surface area contributed by atoms with E-state index in [0.29, 0.717) is 61.3 Å². The van der Waals surface area contributed by atoms with E-state index in [1.807, 2.05) is 55.3 Å². The fourth-order valence-corrected chi connectivity index (χ4v) is 4.76. The van der Waals surface area contributed by atoms with E-state index in [1.54, 1.807) is 30.1 Å². The van der Waals surface area contributed by atoms with Crippen molar-refractivity contribution < 1.29 is 14.3 Å². The zero-order chi connectivity index (χ0) is 29.1. The van der Waals surface area contributed by atoms with Crippen molar-refractivity contribution in [2.75, 3.05) is 50.1 Å². The summed E-state index contributed by atoms with van der Waals surface area (Å²) in [5.41, 5.74) is 4.72. The molecule has 4 heterocycles. The van der Waals surface area contributed by atoms with Gasteiger partial charge in [-0.2, -0.15) is 0 Å². The Morgan fingerprint density at radius 2 is 1.90 bits per heavy atom. The van der Waals surface area contributed by atoms with Crippen LogP contribution in [0.5, 0.6) is 11.5 Å². The van der Waals surface area contributed by atoms with Gasteiger partial charge in [-0.15, -0.1) is 5.10 Å². The number of piperazine rings is 1. The molecule has 0 bridgehead atoms. The van der Waals surface area contributed by atoms with Gasteiger partial charge in [0.15, 0.2) is 5.82 Å². The second-order valence-electron chi connectivity index (χ2n) is 9.87. The number of anilines is 3. The van der Waals surface area contributed by atoms with Crippen LogP contribution >= 0.6 is 0 Å². The molecule has 5 aromatic rings. The number of fused-ring (bicyclic) bond motifs is 2. The first-order chi connectivity index (χ1) is 20.5. The lowest BCUT2D eigenvalue weighted by Gasteiger charge is -2.34. The van der Waals surface area contributed by atoms with Crippen LogP contribution in [0.4, 0.5) is 17.5 Å². The van der Waals surface area contributed by atoms with Crippen LogP contribution in [0, 0.1) is 6.92 Å². The summed E-state index contributed by atoms with van der Waals surface area (Å²) in [6, 6.07) is 11.5. The molecule has 3 aromatic heterocycles. The minimum absolute atomic E-state index is 0.0238. The number of amides is 1. The number of carbonyl (C=O) groups excluding carboxylic acids is 1. The molecule has 42 heavy (non-hydrogen) atoms. The average Bonchev–Trinajstić information content (AvgIpc) is 3.38. The number of aromatic nitrogens is 7. The van der Waals surface area contributed by atoms with E-state index in [0.717, 1.165) is 28.0 Å². The third kappa shape index (κ3) is 5.67. The third-order valence-electron chi connectivity index (χ3n) is 7.01.